The minimum absolute atomic E-state index is 0.0354. The maximum atomic E-state index is 15.5. The third-order valence-corrected chi connectivity index (χ3v) is 7.11. The van der Waals surface area contributed by atoms with Crippen LogP contribution in [0.15, 0.2) is 29.2 Å². The Hall–Kier alpha value is -2.87. The Balaban J connectivity index is 1.71. The van der Waals surface area contributed by atoms with Crippen LogP contribution >= 0.6 is 0 Å². The van der Waals surface area contributed by atoms with Crippen molar-refractivity contribution in [2.75, 3.05) is 25.1 Å². The molecule has 1 aromatic heterocycles. The predicted molar refractivity (Wildman–Crippen MR) is 115 cm³/mol. The molecule has 2 heterocycles. The van der Waals surface area contributed by atoms with E-state index in [0.29, 0.717) is 36.1 Å². The number of carboxylic acids is 1. The fourth-order valence-corrected chi connectivity index (χ4v) is 5.31. The molecule has 3 N–H and O–H groups in total. The van der Waals surface area contributed by atoms with E-state index in [-0.39, 0.29) is 34.7 Å². The monoisotopic (exact) mass is 427 g/mol. The topological polar surface area (TPSA) is 97.8 Å². The van der Waals surface area contributed by atoms with Crippen molar-refractivity contribution in [3.8, 4) is 5.75 Å². The Morgan fingerprint density at radius 3 is 2.58 bits per heavy atom. The first kappa shape index (κ1) is 20.1. The van der Waals surface area contributed by atoms with Gasteiger partial charge in [0.25, 0.3) is 0 Å². The van der Waals surface area contributed by atoms with Crippen molar-refractivity contribution in [3.63, 3.8) is 0 Å². The number of aromatic carboxylic acids is 1. The van der Waals surface area contributed by atoms with Crippen molar-refractivity contribution < 1.29 is 19.0 Å². The number of ether oxygens (including phenoxy) is 1. The van der Waals surface area contributed by atoms with Crippen LogP contribution in [0, 0.1) is 23.6 Å². The van der Waals surface area contributed by atoms with Gasteiger partial charge in [0, 0.05) is 37.3 Å². The fraction of sp³-hybridized carbons (Fsp3) is 0.478. The van der Waals surface area contributed by atoms with Crippen LogP contribution in [0.25, 0.3) is 10.9 Å². The highest BCUT2D eigenvalue weighted by Gasteiger charge is 2.42. The normalized spacial score (nSPS) is 27.5. The lowest BCUT2D eigenvalue weighted by Gasteiger charge is -2.30. The van der Waals surface area contributed by atoms with Crippen molar-refractivity contribution in [1.82, 2.24) is 4.57 Å². The van der Waals surface area contributed by atoms with E-state index in [1.807, 2.05) is 11.0 Å². The highest BCUT2D eigenvalue weighted by molar-refractivity contribution is 5.97. The van der Waals surface area contributed by atoms with Gasteiger partial charge in [-0.15, -0.1) is 0 Å². The number of fused-ring (bicyclic) bond motifs is 2. The number of carbonyl (C=O) groups is 1. The number of pyridine rings is 1. The van der Waals surface area contributed by atoms with Crippen LogP contribution in [-0.4, -0.2) is 41.9 Å². The summed E-state index contributed by atoms with van der Waals surface area (Å²) in [7, 11) is 1.46. The zero-order valence-electron chi connectivity index (χ0n) is 17.5. The number of halogens is 1. The highest BCUT2D eigenvalue weighted by atomic mass is 19.1. The van der Waals surface area contributed by atoms with Crippen LogP contribution in [0.4, 0.5) is 10.1 Å². The molecule has 31 heavy (non-hydrogen) atoms. The molecule has 164 valence electrons. The van der Waals surface area contributed by atoms with Gasteiger partial charge in [0.05, 0.1) is 18.0 Å². The largest absolute Gasteiger partial charge is 0.492 e. The molecule has 3 aliphatic rings. The number of hydrogen-bond acceptors (Lipinski definition) is 5. The summed E-state index contributed by atoms with van der Waals surface area (Å²) in [6.45, 7) is 3.39. The number of aromatic nitrogens is 1. The average Bonchev–Trinajstić information content (AvgIpc) is 3.48. The van der Waals surface area contributed by atoms with Crippen molar-refractivity contribution >= 4 is 22.6 Å². The number of carboxylic acid groups (broad SMARTS) is 1. The summed E-state index contributed by atoms with van der Waals surface area (Å²) in [6, 6.07) is 1.17. The second-order valence-corrected chi connectivity index (χ2v) is 9.01. The first-order chi connectivity index (χ1) is 14.8. The molecule has 0 radical (unpaired) electrons. The van der Waals surface area contributed by atoms with E-state index >= 15 is 4.39 Å². The van der Waals surface area contributed by atoms with Gasteiger partial charge in [0.2, 0.25) is 5.43 Å². The minimum Gasteiger partial charge on any atom is -0.492 e. The molecule has 7 nitrogen and oxygen atoms in total. The van der Waals surface area contributed by atoms with E-state index < -0.39 is 17.2 Å². The fourth-order valence-electron chi connectivity index (χ4n) is 5.31. The van der Waals surface area contributed by atoms with Crippen LogP contribution in [0.1, 0.15) is 36.2 Å². The molecule has 0 bridgehead atoms. The van der Waals surface area contributed by atoms with Gasteiger partial charge >= 0.3 is 5.97 Å². The van der Waals surface area contributed by atoms with Gasteiger partial charge in [0.15, 0.2) is 11.6 Å². The maximum Gasteiger partial charge on any atom is 0.341 e. The quantitative estimate of drug-likeness (QED) is 0.729. The number of nitrogens with zero attached hydrogens (tertiary/aromatic N) is 2. The van der Waals surface area contributed by atoms with Crippen LogP contribution in [0.3, 0.4) is 0 Å². The molecule has 1 saturated heterocycles. The Morgan fingerprint density at radius 2 is 1.97 bits per heavy atom. The third kappa shape index (κ3) is 3.04. The van der Waals surface area contributed by atoms with Gasteiger partial charge in [-0.25, -0.2) is 9.18 Å². The van der Waals surface area contributed by atoms with Crippen LogP contribution in [-0.2, 0) is 0 Å². The van der Waals surface area contributed by atoms with E-state index in [0.717, 1.165) is 12.8 Å². The van der Waals surface area contributed by atoms with Crippen molar-refractivity contribution in [2.45, 2.75) is 31.8 Å². The molecular weight excluding hydrogens is 401 g/mol. The van der Waals surface area contributed by atoms with Crippen LogP contribution < -0.4 is 20.8 Å². The molecule has 1 aliphatic heterocycles. The number of hydrogen-bond donors (Lipinski definition) is 2. The second kappa shape index (κ2) is 7.09. The van der Waals surface area contributed by atoms with Gasteiger partial charge in [-0.3, -0.25) is 4.79 Å². The Kier molecular flexibility index (Phi) is 4.58. The Morgan fingerprint density at radius 1 is 1.26 bits per heavy atom. The van der Waals surface area contributed by atoms with Crippen molar-refractivity contribution in [3.05, 3.63) is 46.0 Å². The number of rotatable bonds is 4. The van der Waals surface area contributed by atoms with Gasteiger partial charge in [-0.05, 0) is 30.7 Å². The number of nitrogens with two attached hydrogens (primary N) is 1. The summed E-state index contributed by atoms with van der Waals surface area (Å²) >= 11 is 0. The molecule has 8 heteroatoms. The number of allylic oxidation sites excluding steroid dienone is 1. The summed E-state index contributed by atoms with van der Waals surface area (Å²) in [5.74, 6) is -0.765. The molecule has 1 aromatic carbocycles. The zero-order valence-corrected chi connectivity index (χ0v) is 17.5. The molecule has 1 saturated carbocycles. The van der Waals surface area contributed by atoms with Crippen molar-refractivity contribution in [1.29, 1.82) is 0 Å². The second-order valence-electron chi connectivity index (χ2n) is 9.01. The standard InChI is InChI=1S/C23H26FN3O4/c1-11-3-6-18(25)15-9-26(8-14(11)15)20-17(24)7-13-19(22(20)31-2)27(12-4-5-12)10-16(21(13)28)23(29)30/h3,6-7,10-12,14-15,18H,4-5,8-9,25H2,1-2H3,(H,29,30). The summed E-state index contributed by atoms with van der Waals surface area (Å²) in [6.07, 6.45) is 7.28. The summed E-state index contributed by atoms with van der Waals surface area (Å²) in [5, 5.41) is 9.51. The van der Waals surface area contributed by atoms with Gasteiger partial charge in [-0.1, -0.05) is 19.1 Å². The number of anilines is 1. The molecule has 2 aromatic rings. The molecule has 2 fully saturated rings. The smallest absolute Gasteiger partial charge is 0.341 e. The number of benzene rings is 1. The van der Waals surface area contributed by atoms with Gasteiger partial charge in [-0.2, -0.15) is 0 Å². The summed E-state index contributed by atoms with van der Waals surface area (Å²) < 4.78 is 23.0. The lowest BCUT2D eigenvalue weighted by atomic mass is 9.77. The minimum atomic E-state index is -1.32. The van der Waals surface area contributed by atoms with Gasteiger partial charge in [0.1, 0.15) is 11.3 Å². The lowest BCUT2D eigenvalue weighted by Crippen LogP contribution is -2.38. The zero-order chi connectivity index (χ0) is 22.0. The van der Waals surface area contributed by atoms with E-state index in [4.69, 9.17) is 10.5 Å². The molecule has 4 atom stereocenters. The van der Waals surface area contributed by atoms with Crippen molar-refractivity contribution in [2.24, 2.45) is 23.5 Å². The summed E-state index contributed by atoms with van der Waals surface area (Å²) in [5.41, 5.74) is 6.05. The molecule has 0 spiro atoms. The SMILES string of the molecule is COc1c(N2CC3C(C)C=CC(N)C3C2)c(F)cc2c(=O)c(C(=O)O)cn(C3CC3)c12. The molecule has 4 unspecified atom stereocenters. The van der Waals surface area contributed by atoms with E-state index in [1.165, 1.54) is 19.4 Å². The lowest BCUT2D eigenvalue weighted by molar-refractivity contribution is 0.0695. The Labute approximate surface area is 178 Å². The average molecular weight is 427 g/mol. The highest BCUT2D eigenvalue weighted by Crippen LogP contribution is 2.46. The first-order valence-corrected chi connectivity index (χ1v) is 10.7. The molecular formula is C23H26FN3O4. The molecule has 0 amide bonds. The maximum absolute atomic E-state index is 15.5. The first-order valence-electron chi connectivity index (χ1n) is 10.7. The third-order valence-electron chi connectivity index (χ3n) is 7.11. The predicted octanol–water partition coefficient (Wildman–Crippen LogP) is 2.77. The molecule has 2 aliphatic carbocycles. The number of methoxy groups -OCH3 is 1. The summed E-state index contributed by atoms with van der Waals surface area (Å²) in [4.78, 5) is 26.4. The molecule has 5 rings (SSSR count). The van der Waals surface area contributed by atoms with E-state index in [1.54, 1.807) is 4.57 Å². The van der Waals surface area contributed by atoms with Gasteiger partial charge < -0.3 is 25.0 Å². The van der Waals surface area contributed by atoms with E-state index in [9.17, 15) is 14.7 Å². The van der Waals surface area contributed by atoms with E-state index in [2.05, 4.69) is 13.0 Å². The van der Waals surface area contributed by atoms with Crippen LogP contribution in [0.2, 0.25) is 0 Å². The Bertz CT molecular complexity index is 1150. The van der Waals surface area contributed by atoms with Crippen LogP contribution in [0.5, 0.6) is 5.75 Å².